The van der Waals surface area contributed by atoms with Gasteiger partial charge in [-0.25, -0.2) is 0 Å². The van der Waals surface area contributed by atoms with E-state index >= 15 is 0 Å². The molecule has 3 heteroatoms. The van der Waals surface area contributed by atoms with E-state index in [9.17, 15) is 5.11 Å². The van der Waals surface area contributed by atoms with E-state index in [0.717, 1.165) is 44.2 Å². The first-order valence-electron chi connectivity index (χ1n) is 16.0. The van der Waals surface area contributed by atoms with Gasteiger partial charge in [0.2, 0.25) is 0 Å². The molecule has 0 radical (unpaired) electrons. The molecule has 184 valence electrons. The number of nitrogens with zero attached hydrogens (tertiary/aromatic N) is 1. The van der Waals surface area contributed by atoms with Crippen molar-refractivity contribution in [1.29, 1.82) is 0 Å². The van der Waals surface area contributed by atoms with E-state index < -0.39 is 36.0 Å². The van der Waals surface area contributed by atoms with Crippen molar-refractivity contribution in [2.45, 2.75) is 0 Å². The van der Waals surface area contributed by atoms with E-state index in [-0.39, 0.29) is 33.9 Å². The zero-order chi connectivity index (χ0) is 32.0. The van der Waals surface area contributed by atoms with E-state index in [0.29, 0.717) is 5.69 Å². The molecule has 0 bridgehead atoms. The Kier molecular flexibility index (Phi) is 3.40. The van der Waals surface area contributed by atoms with Gasteiger partial charge in [0.1, 0.15) is 16.9 Å². The number of aromatic nitrogens is 1. The summed E-state index contributed by atoms with van der Waals surface area (Å²) in [4.78, 5) is 0. The summed E-state index contributed by atoms with van der Waals surface area (Å²) in [5.41, 5.74) is 5.98. The smallest absolute Gasteiger partial charge is 0.136 e. The first kappa shape index (κ1) is 15.9. The van der Waals surface area contributed by atoms with E-state index in [1.807, 2.05) is 72.8 Å². The number of para-hydroxylation sites is 2. The molecule has 1 N–H and O–H groups in total. The minimum Gasteiger partial charge on any atom is -0.508 e. The highest BCUT2D eigenvalue weighted by molar-refractivity contribution is 6.12. The summed E-state index contributed by atoms with van der Waals surface area (Å²) in [6.07, 6.45) is 0. The van der Waals surface area contributed by atoms with Crippen LogP contribution in [0.5, 0.6) is 5.75 Å². The number of furan rings is 1. The van der Waals surface area contributed by atoms with Gasteiger partial charge in [-0.05, 0) is 64.6 Å². The van der Waals surface area contributed by atoms with Gasteiger partial charge in [-0.15, -0.1) is 0 Å². The number of hydrogen-bond donors (Lipinski definition) is 1. The van der Waals surface area contributed by atoms with Crippen LogP contribution in [0, 0.1) is 0 Å². The molecule has 0 saturated carbocycles. The molecule has 0 spiro atoms. The van der Waals surface area contributed by atoms with Crippen LogP contribution in [0.4, 0.5) is 0 Å². The van der Waals surface area contributed by atoms with Gasteiger partial charge in [0, 0.05) is 33.3 Å². The lowest BCUT2D eigenvalue weighted by molar-refractivity contribution is 0.476. The monoisotopic (exact) mass is 508 g/mol. The molecule has 0 amide bonds. The molecule has 2 aromatic heterocycles. The number of phenols is 1. The number of fused-ring (bicyclic) bond motifs is 6. The molecule has 6 aromatic carbocycles. The Balaban J connectivity index is 1.32. The van der Waals surface area contributed by atoms with Gasteiger partial charge in [0.15, 0.2) is 0 Å². The van der Waals surface area contributed by atoms with Crippen LogP contribution in [0.2, 0.25) is 0 Å². The molecule has 0 atom stereocenters. The molecule has 0 aliphatic carbocycles. The molecule has 0 fully saturated rings. The summed E-state index contributed by atoms with van der Waals surface area (Å²) < 4.78 is 67.1. The number of rotatable bonds is 3. The third-order valence-electron chi connectivity index (χ3n) is 7.18. The quantitative estimate of drug-likeness (QED) is 0.258. The summed E-state index contributed by atoms with van der Waals surface area (Å²) in [7, 11) is 0. The van der Waals surface area contributed by atoms with Gasteiger partial charge in [0.05, 0.1) is 20.6 Å². The molecular weight excluding hydrogens is 478 g/mol. The maximum absolute atomic E-state index is 10.6. The molecule has 0 aliphatic rings. The van der Waals surface area contributed by atoms with Gasteiger partial charge in [0.25, 0.3) is 0 Å². The number of aromatic hydroxyl groups is 1. The highest BCUT2D eigenvalue weighted by atomic mass is 16.3. The lowest BCUT2D eigenvalue weighted by atomic mass is 9.97. The Morgan fingerprint density at radius 1 is 0.615 bits per heavy atom. The van der Waals surface area contributed by atoms with Crippen LogP contribution in [0.3, 0.4) is 0 Å². The van der Waals surface area contributed by atoms with Crippen molar-refractivity contribution in [1.82, 2.24) is 4.57 Å². The Hall–Kier alpha value is -5.28. The van der Waals surface area contributed by atoms with Gasteiger partial charge in [-0.3, -0.25) is 0 Å². The predicted octanol–water partition coefficient (Wildman–Crippen LogP) is 9.72. The van der Waals surface area contributed by atoms with Gasteiger partial charge >= 0.3 is 0 Å². The van der Waals surface area contributed by atoms with Crippen LogP contribution in [0.15, 0.2) is 138 Å². The van der Waals surface area contributed by atoms with Crippen molar-refractivity contribution in [2.24, 2.45) is 0 Å². The molecule has 2 heterocycles. The minimum absolute atomic E-state index is 0.0190. The fourth-order valence-electron chi connectivity index (χ4n) is 5.44. The topological polar surface area (TPSA) is 38.3 Å². The summed E-state index contributed by atoms with van der Waals surface area (Å²) in [6.45, 7) is 0. The van der Waals surface area contributed by atoms with Gasteiger partial charge in [-0.1, -0.05) is 84.9 Å². The molecule has 0 aliphatic heterocycles. The fraction of sp³-hybridized carbons (Fsp3) is 0. The van der Waals surface area contributed by atoms with Crippen molar-refractivity contribution in [3.63, 3.8) is 0 Å². The normalized spacial score (nSPS) is 14.2. The average molecular weight is 509 g/mol. The highest BCUT2D eigenvalue weighted by Gasteiger charge is 2.14. The van der Waals surface area contributed by atoms with Crippen molar-refractivity contribution < 1.29 is 19.1 Å². The van der Waals surface area contributed by atoms with Gasteiger partial charge < -0.3 is 14.1 Å². The molecular formula is C36H23NO2. The van der Waals surface area contributed by atoms with Crippen LogP contribution in [-0.4, -0.2) is 9.67 Å². The van der Waals surface area contributed by atoms with Crippen LogP contribution in [0.25, 0.3) is 71.7 Å². The summed E-state index contributed by atoms with van der Waals surface area (Å²) >= 11 is 0. The second kappa shape index (κ2) is 8.37. The molecule has 3 nitrogen and oxygen atoms in total. The van der Waals surface area contributed by atoms with Crippen LogP contribution in [0.1, 0.15) is 9.60 Å². The van der Waals surface area contributed by atoms with Crippen LogP contribution < -0.4 is 0 Å². The number of benzene rings is 6. The second-order valence-electron chi connectivity index (χ2n) is 9.41. The van der Waals surface area contributed by atoms with E-state index in [4.69, 9.17) is 14.0 Å². The van der Waals surface area contributed by atoms with Crippen LogP contribution >= 0.6 is 0 Å². The molecule has 0 saturated heterocycles. The Morgan fingerprint density at radius 2 is 1.38 bits per heavy atom. The number of hydrogen-bond acceptors (Lipinski definition) is 2. The van der Waals surface area contributed by atoms with Crippen molar-refractivity contribution in [3.05, 3.63) is 133 Å². The van der Waals surface area contributed by atoms with E-state index in [1.165, 1.54) is 4.57 Å². The highest BCUT2D eigenvalue weighted by Crippen LogP contribution is 2.38. The lowest BCUT2D eigenvalue weighted by Gasteiger charge is -2.11. The summed E-state index contributed by atoms with van der Waals surface area (Å²) in [6, 6.07) is 26.3. The first-order valence-corrected chi connectivity index (χ1v) is 12.5. The Morgan fingerprint density at radius 3 is 2.31 bits per heavy atom. The van der Waals surface area contributed by atoms with E-state index in [2.05, 4.69) is 12.1 Å². The van der Waals surface area contributed by atoms with E-state index in [1.54, 1.807) is 6.07 Å². The van der Waals surface area contributed by atoms with Crippen molar-refractivity contribution in [3.8, 4) is 33.7 Å². The Labute approximate surface area is 234 Å². The molecule has 0 unspecified atom stereocenters. The van der Waals surface area contributed by atoms with Crippen molar-refractivity contribution in [2.75, 3.05) is 0 Å². The molecule has 8 aromatic rings. The first-order chi connectivity index (χ1) is 22.2. The summed E-state index contributed by atoms with van der Waals surface area (Å²) in [5.74, 6) is -0.691. The van der Waals surface area contributed by atoms with Gasteiger partial charge in [-0.2, -0.15) is 0 Å². The molecule has 8 rings (SSSR count). The van der Waals surface area contributed by atoms with Crippen molar-refractivity contribution >= 4 is 43.7 Å². The molecule has 39 heavy (non-hydrogen) atoms. The average Bonchev–Trinajstić information content (AvgIpc) is 3.65. The Bertz CT molecular complexity index is 2490. The second-order valence-corrected chi connectivity index (χ2v) is 9.41. The maximum Gasteiger partial charge on any atom is 0.136 e. The standard InChI is InChI=1S/C36H23NO2/c38-27-19-20-30-29-9-1-3-12-32(29)37(33(30)22-27)26-8-5-7-25(21-26)23-15-17-24(18-16-23)28-11-6-14-35-36(28)31-10-2-4-13-34(31)39-35/h1-22,38H/i1D,3D,9D,12D,19D,20D,22D. The maximum atomic E-state index is 10.6. The lowest BCUT2D eigenvalue weighted by Crippen LogP contribution is -1.94. The third-order valence-corrected chi connectivity index (χ3v) is 7.18. The number of phenolic OH excluding ortho intramolecular Hbond substituents is 1. The summed E-state index contributed by atoms with van der Waals surface area (Å²) in [5, 5.41) is 12.7. The predicted molar refractivity (Wildman–Crippen MR) is 161 cm³/mol. The SMILES string of the molecule is [2H]c1c([2H])c([2H])c2c(c1[2H])c1c([2H])c([2H])c(O)c([2H])c1n2-c1cccc(-c2ccc(-c3cccc4oc5ccccc5c34)cc2)c1. The third kappa shape index (κ3) is 3.37. The minimum atomic E-state index is -0.691. The largest absolute Gasteiger partial charge is 0.508 e. The van der Waals surface area contributed by atoms with Crippen LogP contribution in [-0.2, 0) is 0 Å². The fourth-order valence-corrected chi connectivity index (χ4v) is 5.44. The zero-order valence-electron chi connectivity index (χ0n) is 27.5. The zero-order valence-corrected chi connectivity index (χ0v) is 20.5.